The van der Waals surface area contributed by atoms with Gasteiger partial charge in [0.2, 0.25) is 0 Å². The van der Waals surface area contributed by atoms with Crippen LogP contribution in [0.4, 0.5) is 21.5 Å². The lowest BCUT2D eigenvalue weighted by Gasteiger charge is -2.10. The van der Waals surface area contributed by atoms with Crippen LogP contribution in [0.1, 0.15) is 5.56 Å². The van der Waals surface area contributed by atoms with Crippen molar-refractivity contribution in [3.63, 3.8) is 0 Å². The lowest BCUT2D eigenvalue weighted by atomic mass is 10.1. The van der Waals surface area contributed by atoms with E-state index < -0.39 is 21.4 Å². The number of hydrogen-bond donors (Lipinski definition) is 1. The van der Waals surface area contributed by atoms with Crippen LogP contribution in [0.2, 0.25) is 0 Å². The molecule has 0 aliphatic heterocycles. The lowest BCUT2D eigenvalue weighted by Crippen LogP contribution is -2.06. The van der Waals surface area contributed by atoms with E-state index in [0.29, 0.717) is 5.56 Å². The Bertz CT molecular complexity index is 766. The summed E-state index contributed by atoms with van der Waals surface area (Å²) in [5, 5.41) is 24.7. The summed E-state index contributed by atoms with van der Waals surface area (Å²) in [6.07, 6.45) is 0. The second kappa shape index (κ2) is 6.69. The Balaban J connectivity index is 2.33. The number of para-hydroxylation sites is 1. The molecule has 0 aliphatic rings. The number of nitrogens with zero attached hydrogens (tertiary/aromatic N) is 2. The van der Waals surface area contributed by atoms with Crippen LogP contribution in [-0.4, -0.2) is 17.0 Å². The number of halogens is 1. The first-order chi connectivity index (χ1) is 10.9. The summed E-state index contributed by atoms with van der Waals surface area (Å²) in [5.41, 5.74) is -0.250. The minimum atomic E-state index is -0.865. The molecule has 1 N–H and O–H groups in total. The van der Waals surface area contributed by atoms with Crippen molar-refractivity contribution in [2.24, 2.45) is 0 Å². The Morgan fingerprint density at radius 1 is 1.13 bits per heavy atom. The highest BCUT2D eigenvalue weighted by atomic mass is 19.1. The monoisotopic (exact) mass is 321 g/mol. The molecule has 0 fully saturated rings. The van der Waals surface area contributed by atoms with Crippen LogP contribution in [0.3, 0.4) is 0 Å². The molecule has 0 radical (unpaired) electrons. The molecule has 9 heteroatoms. The number of nitrogens with one attached hydrogen (secondary N) is 1. The van der Waals surface area contributed by atoms with Crippen LogP contribution in [0, 0.1) is 26.0 Å². The van der Waals surface area contributed by atoms with Crippen LogP contribution >= 0.6 is 0 Å². The van der Waals surface area contributed by atoms with Crippen LogP contribution in [0.5, 0.6) is 5.75 Å². The van der Waals surface area contributed by atoms with Crippen molar-refractivity contribution in [1.29, 1.82) is 0 Å². The number of ether oxygens (including phenoxy) is 1. The SMILES string of the molecule is COc1cc(NCc2ccccc2[N+](=O)[O-])c([N+](=O)[O-])cc1F. The molecular weight excluding hydrogens is 309 g/mol. The first kappa shape index (κ1) is 16.1. The van der Waals surface area contributed by atoms with Gasteiger partial charge < -0.3 is 10.1 Å². The minimum Gasteiger partial charge on any atom is -0.494 e. The maximum atomic E-state index is 13.6. The van der Waals surface area contributed by atoms with Gasteiger partial charge >= 0.3 is 0 Å². The first-order valence-corrected chi connectivity index (χ1v) is 6.42. The van der Waals surface area contributed by atoms with Crippen molar-refractivity contribution in [1.82, 2.24) is 0 Å². The fourth-order valence-electron chi connectivity index (χ4n) is 2.02. The van der Waals surface area contributed by atoms with Gasteiger partial charge in [0.05, 0.1) is 23.0 Å². The van der Waals surface area contributed by atoms with Gasteiger partial charge in [-0.2, -0.15) is 0 Å². The standard InChI is InChI=1S/C14H12FN3O5/c1-23-14-7-11(13(18(21)22)6-10(14)15)16-8-9-4-2-3-5-12(9)17(19)20/h2-7,16H,8H2,1H3. The van der Waals surface area contributed by atoms with E-state index >= 15 is 0 Å². The topological polar surface area (TPSA) is 108 Å². The van der Waals surface area contributed by atoms with E-state index in [2.05, 4.69) is 5.32 Å². The molecule has 0 bridgehead atoms. The summed E-state index contributed by atoms with van der Waals surface area (Å²) in [5.74, 6) is -1.03. The summed E-state index contributed by atoms with van der Waals surface area (Å²) in [4.78, 5) is 20.7. The van der Waals surface area contributed by atoms with Crippen LogP contribution in [0.25, 0.3) is 0 Å². The molecule has 0 spiro atoms. The molecule has 2 aromatic carbocycles. The van der Waals surface area contributed by atoms with Crippen molar-refractivity contribution >= 4 is 17.1 Å². The highest BCUT2D eigenvalue weighted by Gasteiger charge is 2.20. The summed E-state index contributed by atoms with van der Waals surface area (Å²) < 4.78 is 18.4. The summed E-state index contributed by atoms with van der Waals surface area (Å²) in [6, 6.07) is 7.87. The Morgan fingerprint density at radius 3 is 2.39 bits per heavy atom. The van der Waals surface area contributed by atoms with Crippen LogP contribution < -0.4 is 10.1 Å². The van der Waals surface area contributed by atoms with E-state index in [0.717, 1.165) is 12.1 Å². The van der Waals surface area contributed by atoms with E-state index in [1.165, 1.54) is 25.3 Å². The fourth-order valence-corrected chi connectivity index (χ4v) is 2.02. The molecule has 120 valence electrons. The highest BCUT2D eigenvalue weighted by molar-refractivity contribution is 5.65. The smallest absolute Gasteiger partial charge is 0.295 e. The van der Waals surface area contributed by atoms with Crippen molar-refractivity contribution in [3.05, 3.63) is 68.0 Å². The normalized spacial score (nSPS) is 10.2. The molecule has 0 saturated heterocycles. The van der Waals surface area contributed by atoms with Gasteiger partial charge in [0.15, 0.2) is 11.6 Å². The van der Waals surface area contributed by atoms with Crippen LogP contribution in [0.15, 0.2) is 36.4 Å². The van der Waals surface area contributed by atoms with Gasteiger partial charge in [-0.1, -0.05) is 18.2 Å². The number of methoxy groups -OCH3 is 1. The van der Waals surface area contributed by atoms with Gasteiger partial charge in [-0.05, 0) is 0 Å². The maximum Gasteiger partial charge on any atom is 0.295 e. The average molecular weight is 321 g/mol. The Morgan fingerprint density at radius 2 is 1.78 bits per heavy atom. The predicted octanol–water partition coefficient (Wildman–Crippen LogP) is 3.26. The number of anilines is 1. The molecular formula is C14H12FN3O5. The Labute approximate surface area is 129 Å². The third-order valence-electron chi connectivity index (χ3n) is 3.12. The highest BCUT2D eigenvalue weighted by Crippen LogP contribution is 2.32. The molecule has 0 saturated carbocycles. The van der Waals surface area contributed by atoms with Gasteiger partial charge in [-0.3, -0.25) is 20.2 Å². The van der Waals surface area contributed by atoms with Crippen molar-refractivity contribution in [2.45, 2.75) is 6.54 Å². The number of rotatable bonds is 6. The zero-order valence-corrected chi connectivity index (χ0v) is 12.0. The van der Waals surface area contributed by atoms with E-state index in [1.807, 2.05) is 0 Å². The van der Waals surface area contributed by atoms with Gasteiger partial charge in [-0.25, -0.2) is 4.39 Å². The fraction of sp³-hybridized carbons (Fsp3) is 0.143. The van der Waals surface area contributed by atoms with Gasteiger partial charge in [0.1, 0.15) is 5.69 Å². The molecule has 0 amide bonds. The molecule has 23 heavy (non-hydrogen) atoms. The van der Waals surface area contributed by atoms with E-state index in [1.54, 1.807) is 6.07 Å². The lowest BCUT2D eigenvalue weighted by molar-refractivity contribution is -0.385. The average Bonchev–Trinajstić information content (AvgIpc) is 2.53. The summed E-state index contributed by atoms with van der Waals surface area (Å²) in [7, 11) is 1.23. The second-order valence-corrected chi connectivity index (χ2v) is 4.50. The van der Waals surface area contributed by atoms with Crippen molar-refractivity contribution < 1.29 is 19.0 Å². The largest absolute Gasteiger partial charge is 0.494 e. The number of benzene rings is 2. The molecule has 0 unspecified atom stereocenters. The number of nitro benzene ring substituents is 2. The van der Waals surface area contributed by atoms with Crippen molar-refractivity contribution in [2.75, 3.05) is 12.4 Å². The zero-order chi connectivity index (χ0) is 17.0. The molecule has 0 aliphatic carbocycles. The summed E-state index contributed by atoms with van der Waals surface area (Å²) in [6.45, 7) is -0.0349. The molecule has 0 aromatic heterocycles. The molecule has 8 nitrogen and oxygen atoms in total. The molecule has 0 heterocycles. The number of nitro groups is 2. The third kappa shape index (κ3) is 3.51. The zero-order valence-electron chi connectivity index (χ0n) is 12.0. The maximum absolute atomic E-state index is 13.6. The van der Waals surface area contributed by atoms with Crippen molar-refractivity contribution in [3.8, 4) is 5.75 Å². The third-order valence-corrected chi connectivity index (χ3v) is 3.12. The quantitative estimate of drug-likeness (QED) is 0.646. The molecule has 2 aromatic rings. The predicted molar refractivity (Wildman–Crippen MR) is 80.0 cm³/mol. The van der Waals surface area contributed by atoms with E-state index in [9.17, 15) is 24.6 Å². The molecule has 0 atom stereocenters. The van der Waals surface area contributed by atoms with Gasteiger partial charge in [0, 0.05) is 24.2 Å². The van der Waals surface area contributed by atoms with E-state index in [4.69, 9.17) is 4.74 Å². The van der Waals surface area contributed by atoms with E-state index in [-0.39, 0.29) is 23.7 Å². The van der Waals surface area contributed by atoms with Gasteiger partial charge in [0.25, 0.3) is 11.4 Å². The first-order valence-electron chi connectivity index (χ1n) is 6.42. The Kier molecular flexibility index (Phi) is 4.69. The molecule has 2 rings (SSSR count). The minimum absolute atomic E-state index is 0.00593. The number of hydrogen-bond acceptors (Lipinski definition) is 6. The Hall–Kier alpha value is -3.23. The van der Waals surface area contributed by atoms with Gasteiger partial charge in [-0.15, -0.1) is 0 Å². The van der Waals surface area contributed by atoms with Crippen LogP contribution in [-0.2, 0) is 6.54 Å². The summed E-state index contributed by atoms with van der Waals surface area (Å²) >= 11 is 0. The second-order valence-electron chi connectivity index (χ2n) is 4.50.